The Balaban J connectivity index is 1.41. The number of hydrogen-bond acceptors (Lipinski definition) is 4. The van der Waals surface area contributed by atoms with Crippen LogP contribution >= 0.6 is 0 Å². The van der Waals surface area contributed by atoms with Gasteiger partial charge < -0.3 is 14.0 Å². The van der Waals surface area contributed by atoms with Crippen LogP contribution in [0.2, 0.25) is 0 Å². The van der Waals surface area contributed by atoms with Crippen LogP contribution in [0, 0.1) is 5.92 Å². The molecule has 180 valence electrons. The first-order valence-electron chi connectivity index (χ1n) is 12.4. The summed E-state index contributed by atoms with van der Waals surface area (Å²) in [6, 6.07) is 27.4. The second-order valence-electron chi connectivity index (χ2n) is 9.62. The van der Waals surface area contributed by atoms with Gasteiger partial charge in [-0.25, -0.2) is 4.98 Å². The number of aryl methyl sites for hydroxylation is 1. The predicted octanol–water partition coefficient (Wildman–Crippen LogP) is 6.53. The van der Waals surface area contributed by atoms with Gasteiger partial charge in [-0.2, -0.15) is 0 Å². The maximum Gasteiger partial charge on any atom is 0.231 e. The number of aromatic nitrogens is 2. The van der Waals surface area contributed by atoms with Crippen molar-refractivity contribution in [3.63, 3.8) is 0 Å². The second-order valence-corrected chi connectivity index (χ2v) is 9.62. The first-order chi connectivity index (χ1) is 17.1. The van der Waals surface area contributed by atoms with E-state index in [4.69, 9.17) is 14.5 Å². The molecule has 0 bridgehead atoms. The molecule has 1 aliphatic heterocycles. The molecule has 0 unspecified atom stereocenters. The van der Waals surface area contributed by atoms with Crippen LogP contribution in [0.25, 0.3) is 11.4 Å². The average molecular weight is 468 g/mol. The molecule has 5 nitrogen and oxygen atoms in total. The Morgan fingerprint density at radius 3 is 2.31 bits per heavy atom. The molecule has 0 amide bonds. The van der Waals surface area contributed by atoms with Crippen LogP contribution in [0.5, 0.6) is 11.5 Å². The standard InChI is InChI=1S/C30H33N3O2/c1-23(2)15-16-33-21-27(31-30(33)26-11-7-4-8-12-26)20-32(18-24-9-5-3-6-10-24)19-25-13-14-28-29(17-25)35-22-34-28/h3-14,17,21,23H,15-16,18-20,22H2,1-2H3. The lowest BCUT2D eigenvalue weighted by Crippen LogP contribution is -2.22. The van der Waals surface area contributed by atoms with Gasteiger partial charge in [0.15, 0.2) is 11.5 Å². The molecule has 0 saturated heterocycles. The molecule has 0 spiro atoms. The Kier molecular flexibility index (Phi) is 7.15. The van der Waals surface area contributed by atoms with Gasteiger partial charge in [-0.1, -0.05) is 80.6 Å². The van der Waals surface area contributed by atoms with E-state index in [0.29, 0.717) is 12.7 Å². The van der Waals surface area contributed by atoms with E-state index in [1.54, 1.807) is 0 Å². The quantitative estimate of drug-likeness (QED) is 0.266. The number of hydrogen-bond donors (Lipinski definition) is 0. The van der Waals surface area contributed by atoms with Crippen molar-refractivity contribution in [1.82, 2.24) is 14.5 Å². The van der Waals surface area contributed by atoms with E-state index in [2.05, 4.69) is 102 Å². The summed E-state index contributed by atoms with van der Waals surface area (Å²) in [6.45, 7) is 8.20. The van der Waals surface area contributed by atoms with Gasteiger partial charge in [-0.15, -0.1) is 0 Å². The van der Waals surface area contributed by atoms with E-state index in [1.807, 2.05) is 6.07 Å². The van der Waals surface area contributed by atoms with Crippen molar-refractivity contribution in [2.75, 3.05) is 6.79 Å². The van der Waals surface area contributed by atoms with Gasteiger partial charge in [0.25, 0.3) is 0 Å². The lowest BCUT2D eigenvalue weighted by atomic mass is 10.1. The Morgan fingerprint density at radius 2 is 1.54 bits per heavy atom. The van der Waals surface area contributed by atoms with Crippen molar-refractivity contribution in [3.05, 3.63) is 102 Å². The van der Waals surface area contributed by atoms with Crippen LogP contribution < -0.4 is 9.47 Å². The molecular formula is C30H33N3O2. The van der Waals surface area contributed by atoms with Gasteiger partial charge in [0.2, 0.25) is 6.79 Å². The van der Waals surface area contributed by atoms with E-state index in [0.717, 1.165) is 61.2 Å². The first kappa shape index (κ1) is 23.2. The van der Waals surface area contributed by atoms with Crippen LogP contribution in [-0.4, -0.2) is 21.2 Å². The zero-order valence-electron chi connectivity index (χ0n) is 20.6. The molecule has 1 aliphatic rings. The third-order valence-corrected chi connectivity index (χ3v) is 6.28. The van der Waals surface area contributed by atoms with Gasteiger partial charge in [0.05, 0.1) is 5.69 Å². The van der Waals surface area contributed by atoms with Crippen molar-refractivity contribution >= 4 is 0 Å². The number of ether oxygens (including phenoxy) is 2. The highest BCUT2D eigenvalue weighted by Gasteiger charge is 2.17. The normalized spacial score (nSPS) is 12.6. The fourth-order valence-electron chi connectivity index (χ4n) is 4.47. The Bertz CT molecular complexity index is 1240. The van der Waals surface area contributed by atoms with Crippen molar-refractivity contribution in [1.29, 1.82) is 0 Å². The average Bonchev–Trinajstić information content (AvgIpc) is 3.50. The lowest BCUT2D eigenvalue weighted by molar-refractivity contribution is 0.174. The molecule has 0 N–H and O–H groups in total. The van der Waals surface area contributed by atoms with E-state index >= 15 is 0 Å². The number of fused-ring (bicyclic) bond motifs is 1. The lowest BCUT2D eigenvalue weighted by Gasteiger charge is -2.22. The Hall–Kier alpha value is -3.57. The molecule has 1 aromatic heterocycles. The van der Waals surface area contributed by atoms with Crippen LogP contribution in [0.1, 0.15) is 37.1 Å². The van der Waals surface area contributed by atoms with E-state index < -0.39 is 0 Å². The fourth-order valence-corrected chi connectivity index (χ4v) is 4.47. The maximum absolute atomic E-state index is 5.62. The van der Waals surface area contributed by atoms with E-state index in [-0.39, 0.29) is 0 Å². The Labute approximate surface area is 208 Å². The summed E-state index contributed by atoms with van der Waals surface area (Å²) in [5.74, 6) is 3.33. The summed E-state index contributed by atoms with van der Waals surface area (Å²) in [5, 5.41) is 0. The van der Waals surface area contributed by atoms with Crippen molar-refractivity contribution in [2.24, 2.45) is 5.92 Å². The van der Waals surface area contributed by atoms with Gasteiger partial charge in [0, 0.05) is 37.9 Å². The molecule has 0 aliphatic carbocycles. The molecule has 0 radical (unpaired) electrons. The van der Waals surface area contributed by atoms with E-state index in [1.165, 1.54) is 11.1 Å². The molecule has 3 aromatic carbocycles. The minimum absolute atomic E-state index is 0.294. The van der Waals surface area contributed by atoms with Crippen molar-refractivity contribution in [2.45, 2.75) is 46.4 Å². The van der Waals surface area contributed by atoms with E-state index in [9.17, 15) is 0 Å². The summed E-state index contributed by atoms with van der Waals surface area (Å²) in [4.78, 5) is 7.56. The molecular weight excluding hydrogens is 434 g/mol. The zero-order chi connectivity index (χ0) is 24.0. The third kappa shape index (κ3) is 5.92. The van der Waals surface area contributed by atoms with Gasteiger partial charge in [-0.05, 0) is 35.6 Å². The smallest absolute Gasteiger partial charge is 0.231 e. The number of nitrogens with zero attached hydrogens (tertiary/aromatic N) is 3. The summed E-state index contributed by atoms with van der Waals surface area (Å²) in [5.41, 5.74) is 4.74. The van der Waals surface area contributed by atoms with Crippen LogP contribution in [0.4, 0.5) is 0 Å². The summed E-state index contributed by atoms with van der Waals surface area (Å²) in [6.07, 6.45) is 3.36. The number of rotatable bonds is 10. The molecule has 0 fully saturated rings. The van der Waals surface area contributed by atoms with Crippen molar-refractivity contribution in [3.8, 4) is 22.9 Å². The highest BCUT2D eigenvalue weighted by molar-refractivity contribution is 5.55. The molecule has 5 heteroatoms. The molecule has 0 atom stereocenters. The SMILES string of the molecule is CC(C)CCn1cc(CN(Cc2ccccc2)Cc2ccc3c(c2)OCO3)nc1-c1ccccc1. The third-order valence-electron chi connectivity index (χ3n) is 6.28. The van der Waals surface area contributed by atoms with Gasteiger partial charge in [-0.3, -0.25) is 4.90 Å². The topological polar surface area (TPSA) is 39.5 Å². The highest BCUT2D eigenvalue weighted by atomic mass is 16.7. The molecule has 2 heterocycles. The zero-order valence-corrected chi connectivity index (χ0v) is 20.6. The monoisotopic (exact) mass is 467 g/mol. The molecule has 35 heavy (non-hydrogen) atoms. The van der Waals surface area contributed by atoms with Crippen molar-refractivity contribution < 1.29 is 9.47 Å². The van der Waals surface area contributed by atoms with Crippen LogP contribution in [0.15, 0.2) is 85.1 Å². The number of imidazole rings is 1. The second kappa shape index (κ2) is 10.8. The van der Waals surface area contributed by atoms with Crippen LogP contribution in [0.3, 0.4) is 0 Å². The summed E-state index contributed by atoms with van der Waals surface area (Å²) < 4.78 is 13.4. The summed E-state index contributed by atoms with van der Waals surface area (Å²) >= 11 is 0. The molecule has 4 aromatic rings. The van der Waals surface area contributed by atoms with Gasteiger partial charge in [0.1, 0.15) is 5.82 Å². The molecule has 5 rings (SSSR count). The Morgan fingerprint density at radius 1 is 0.829 bits per heavy atom. The minimum Gasteiger partial charge on any atom is -0.454 e. The highest BCUT2D eigenvalue weighted by Crippen LogP contribution is 2.33. The number of benzene rings is 3. The van der Waals surface area contributed by atoms with Gasteiger partial charge >= 0.3 is 0 Å². The molecule has 0 saturated carbocycles. The minimum atomic E-state index is 0.294. The van der Waals surface area contributed by atoms with Crippen LogP contribution in [-0.2, 0) is 26.2 Å². The predicted molar refractivity (Wildman–Crippen MR) is 139 cm³/mol. The first-order valence-corrected chi connectivity index (χ1v) is 12.4. The maximum atomic E-state index is 5.62. The summed E-state index contributed by atoms with van der Waals surface area (Å²) in [7, 11) is 0. The largest absolute Gasteiger partial charge is 0.454 e. The fraction of sp³-hybridized carbons (Fsp3) is 0.300.